The van der Waals surface area contributed by atoms with Crippen molar-refractivity contribution in [3.8, 4) is 0 Å². The molecule has 1 rings (SSSR count). The van der Waals surface area contributed by atoms with Crippen molar-refractivity contribution in [3.63, 3.8) is 0 Å². The van der Waals surface area contributed by atoms with E-state index >= 15 is 0 Å². The van der Waals surface area contributed by atoms with Crippen molar-refractivity contribution in [2.75, 3.05) is 0 Å². The molecule has 1 atom stereocenters. The Balaban J connectivity index is 2.77. The van der Waals surface area contributed by atoms with Gasteiger partial charge in [-0.25, -0.2) is 0 Å². The van der Waals surface area contributed by atoms with Gasteiger partial charge in [-0.15, -0.1) is 0 Å². The van der Waals surface area contributed by atoms with Gasteiger partial charge in [0, 0.05) is 19.3 Å². The lowest BCUT2D eigenvalue weighted by Gasteiger charge is -2.01. The first-order valence-corrected chi connectivity index (χ1v) is 3.84. The standard InChI is InChI=1S/C8H15N3/c1-6(9)4-8-5-11(3)10-7(8)2/h5-6H,4,9H2,1-3H3. The highest BCUT2D eigenvalue weighted by Crippen LogP contribution is 2.06. The highest BCUT2D eigenvalue weighted by Gasteiger charge is 2.04. The zero-order valence-electron chi connectivity index (χ0n) is 7.33. The van der Waals surface area contributed by atoms with Gasteiger partial charge >= 0.3 is 0 Å². The Morgan fingerprint density at radius 3 is 2.73 bits per heavy atom. The summed E-state index contributed by atoms with van der Waals surface area (Å²) >= 11 is 0. The van der Waals surface area contributed by atoms with Crippen LogP contribution in [0.2, 0.25) is 0 Å². The smallest absolute Gasteiger partial charge is 0.0626 e. The minimum Gasteiger partial charge on any atom is -0.328 e. The van der Waals surface area contributed by atoms with Gasteiger partial charge in [0.05, 0.1) is 5.69 Å². The van der Waals surface area contributed by atoms with Crippen molar-refractivity contribution in [2.45, 2.75) is 26.3 Å². The largest absolute Gasteiger partial charge is 0.328 e. The summed E-state index contributed by atoms with van der Waals surface area (Å²) in [6, 6.07) is 0.220. The molecule has 3 nitrogen and oxygen atoms in total. The molecule has 0 spiro atoms. The van der Waals surface area contributed by atoms with Gasteiger partial charge in [-0.05, 0) is 25.8 Å². The van der Waals surface area contributed by atoms with E-state index in [-0.39, 0.29) is 6.04 Å². The number of nitrogens with two attached hydrogens (primary N) is 1. The average molecular weight is 153 g/mol. The highest BCUT2D eigenvalue weighted by atomic mass is 15.2. The van der Waals surface area contributed by atoms with Crippen LogP contribution in [0.3, 0.4) is 0 Å². The molecule has 3 heteroatoms. The second-order valence-corrected chi connectivity index (χ2v) is 3.09. The summed E-state index contributed by atoms with van der Waals surface area (Å²) in [6.07, 6.45) is 2.94. The van der Waals surface area contributed by atoms with Gasteiger partial charge in [0.1, 0.15) is 0 Å². The fourth-order valence-corrected chi connectivity index (χ4v) is 1.20. The molecular formula is C8H15N3. The van der Waals surface area contributed by atoms with Crippen LogP contribution in [0.1, 0.15) is 18.2 Å². The fraction of sp³-hybridized carbons (Fsp3) is 0.625. The lowest BCUT2D eigenvalue weighted by atomic mass is 10.1. The molecule has 0 radical (unpaired) electrons. The summed E-state index contributed by atoms with van der Waals surface area (Å²) in [6.45, 7) is 4.02. The predicted molar refractivity (Wildman–Crippen MR) is 45.3 cm³/mol. The Labute approximate surface area is 67.2 Å². The number of aromatic nitrogens is 2. The van der Waals surface area contributed by atoms with Crippen molar-refractivity contribution in [1.29, 1.82) is 0 Å². The molecule has 0 bridgehead atoms. The maximum absolute atomic E-state index is 5.67. The molecule has 0 fully saturated rings. The van der Waals surface area contributed by atoms with Crippen LogP contribution in [0.15, 0.2) is 6.20 Å². The molecule has 2 N–H and O–H groups in total. The molecule has 0 aliphatic heterocycles. The zero-order chi connectivity index (χ0) is 8.43. The third-order valence-electron chi connectivity index (χ3n) is 1.66. The molecule has 1 aromatic heterocycles. The molecule has 0 aliphatic carbocycles. The third kappa shape index (κ3) is 2.05. The molecule has 1 heterocycles. The lowest BCUT2D eigenvalue weighted by molar-refractivity contribution is 0.733. The average Bonchev–Trinajstić information content (AvgIpc) is 2.09. The van der Waals surface area contributed by atoms with Gasteiger partial charge in [-0.2, -0.15) is 5.10 Å². The molecule has 1 unspecified atom stereocenters. The van der Waals surface area contributed by atoms with E-state index in [1.807, 2.05) is 31.8 Å². The molecule has 0 amide bonds. The van der Waals surface area contributed by atoms with E-state index in [1.165, 1.54) is 5.56 Å². The molecule has 0 aliphatic rings. The molecule has 1 aromatic rings. The van der Waals surface area contributed by atoms with Crippen molar-refractivity contribution < 1.29 is 0 Å². The monoisotopic (exact) mass is 153 g/mol. The number of hydrogen-bond acceptors (Lipinski definition) is 2. The Morgan fingerprint density at radius 1 is 1.73 bits per heavy atom. The minimum absolute atomic E-state index is 0.220. The summed E-state index contributed by atoms with van der Waals surface area (Å²) in [7, 11) is 1.93. The number of hydrogen-bond donors (Lipinski definition) is 1. The Bertz CT molecular complexity index is 237. The van der Waals surface area contributed by atoms with E-state index in [9.17, 15) is 0 Å². The van der Waals surface area contributed by atoms with Gasteiger partial charge < -0.3 is 5.73 Å². The number of aryl methyl sites for hydroxylation is 2. The van der Waals surface area contributed by atoms with E-state index in [2.05, 4.69) is 5.10 Å². The van der Waals surface area contributed by atoms with Crippen molar-refractivity contribution in [2.24, 2.45) is 12.8 Å². The van der Waals surface area contributed by atoms with Crippen LogP contribution >= 0.6 is 0 Å². The fourth-order valence-electron chi connectivity index (χ4n) is 1.20. The topological polar surface area (TPSA) is 43.8 Å². The Kier molecular flexibility index (Phi) is 2.29. The summed E-state index contributed by atoms with van der Waals surface area (Å²) in [5, 5.41) is 4.23. The van der Waals surface area contributed by atoms with Crippen LogP contribution in [0.25, 0.3) is 0 Å². The predicted octanol–water partition coefficient (Wildman–Crippen LogP) is 0.618. The maximum atomic E-state index is 5.67. The third-order valence-corrected chi connectivity index (χ3v) is 1.66. The van der Waals surface area contributed by atoms with Gasteiger partial charge in [-0.1, -0.05) is 0 Å². The van der Waals surface area contributed by atoms with Crippen LogP contribution < -0.4 is 5.73 Å². The van der Waals surface area contributed by atoms with E-state index in [1.54, 1.807) is 0 Å². The molecular weight excluding hydrogens is 138 g/mol. The van der Waals surface area contributed by atoms with E-state index < -0.39 is 0 Å². The second kappa shape index (κ2) is 3.05. The molecule has 11 heavy (non-hydrogen) atoms. The first kappa shape index (κ1) is 8.27. The molecule has 0 saturated heterocycles. The summed E-state index contributed by atoms with van der Waals surface area (Å²) in [5.41, 5.74) is 8.01. The lowest BCUT2D eigenvalue weighted by Crippen LogP contribution is -2.17. The van der Waals surface area contributed by atoms with E-state index in [0.29, 0.717) is 0 Å². The van der Waals surface area contributed by atoms with Crippen molar-refractivity contribution >= 4 is 0 Å². The van der Waals surface area contributed by atoms with Crippen LogP contribution in [0, 0.1) is 6.92 Å². The second-order valence-electron chi connectivity index (χ2n) is 3.09. The van der Waals surface area contributed by atoms with Crippen LogP contribution in [0.4, 0.5) is 0 Å². The number of nitrogens with zero attached hydrogens (tertiary/aromatic N) is 2. The first-order valence-electron chi connectivity index (χ1n) is 3.84. The van der Waals surface area contributed by atoms with Crippen LogP contribution in [-0.4, -0.2) is 15.8 Å². The SMILES string of the molecule is Cc1nn(C)cc1CC(C)N. The van der Waals surface area contributed by atoms with Crippen molar-refractivity contribution in [1.82, 2.24) is 9.78 Å². The maximum Gasteiger partial charge on any atom is 0.0626 e. The van der Waals surface area contributed by atoms with Crippen LogP contribution in [-0.2, 0) is 13.5 Å². The first-order chi connectivity index (χ1) is 5.09. The van der Waals surface area contributed by atoms with Gasteiger partial charge in [0.15, 0.2) is 0 Å². The van der Waals surface area contributed by atoms with Gasteiger partial charge in [0.25, 0.3) is 0 Å². The Hall–Kier alpha value is -0.830. The summed E-state index contributed by atoms with van der Waals surface area (Å²) in [4.78, 5) is 0. The van der Waals surface area contributed by atoms with Gasteiger partial charge in [-0.3, -0.25) is 4.68 Å². The molecule has 62 valence electrons. The van der Waals surface area contributed by atoms with Gasteiger partial charge in [0.2, 0.25) is 0 Å². The molecule has 0 aromatic carbocycles. The van der Waals surface area contributed by atoms with E-state index in [0.717, 1.165) is 12.1 Å². The molecule has 0 saturated carbocycles. The minimum atomic E-state index is 0.220. The quantitative estimate of drug-likeness (QED) is 0.676. The number of rotatable bonds is 2. The zero-order valence-corrected chi connectivity index (χ0v) is 7.33. The van der Waals surface area contributed by atoms with E-state index in [4.69, 9.17) is 5.73 Å². The Morgan fingerprint density at radius 2 is 2.36 bits per heavy atom. The van der Waals surface area contributed by atoms with Crippen LogP contribution in [0.5, 0.6) is 0 Å². The summed E-state index contributed by atoms with van der Waals surface area (Å²) in [5.74, 6) is 0. The normalized spacial score (nSPS) is 13.5. The van der Waals surface area contributed by atoms with Crippen molar-refractivity contribution in [3.05, 3.63) is 17.5 Å². The summed E-state index contributed by atoms with van der Waals surface area (Å²) < 4.78 is 1.83. The highest BCUT2D eigenvalue weighted by molar-refractivity contribution is 5.16.